The summed E-state index contributed by atoms with van der Waals surface area (Å²) in [4.78, 5) is 23.8. The molecule has 2 aromatic heterocycles. The molecule has 0 unspecified atom stereocenters. The first-order valence-electron chi connectivity index (χ1n) is 9.05. The molecule has 27 heavy (non-hydrogen) atoms. The lowest BCUT2D eigenvalue weighted by molar-refractivity contribution is -0.122. The Morgan fingerprint density at radius 3 is 2.93 bits per heavy atom. The van der Waals surface area contributed by atoms with Gasteiger partial charge in [0.2, 0.25) is 5.91 Å². The number of carbonyl (C=O) groups is 1. The molecule has 5 nitrogen and oxygen atoms in total. The molecule has 0 radical (unpaired) electrons. The third-order valence-electron chi connectivity index (χ3n) is 5.60. The third-order valence-corrected chi connectivity index (χ3v) is 6.55. The lowest BCUT2D eigenvalue weighted by atomic mass is 9.84. The minimum Gasteiger partial charge on any atom is -0.359 e. The number of hydrogen-bond donors (Lipinski definition) is 1. The summed E-state index contributed by atoms with van der Waals surface area (Å²) in [6, 6.07) is 8.92. The molecule has 1 saturated carbocycles. The maximum atomic E-state index is 13.3. The zero-order chi connectivity index (χ0) is 18.8. The Kier molecular flexibility index (Phi) is 3.53. The van der Waals surface area contributed by atoms with Crippen LogP contribution in [-0.4, -0.2) is 28.0 Å². The SMILES string of the molecule is CC1(C)C(=O)N(C2CC(Nc3nc4ccc(F)cc4s3)C2)c2ncccc21. The average molecular weight is 382 g/mol. The van der Waals surface area contributed by atoms with Gasteiger partial charge in [-0.1, -0.05) is 17.4 Å². The topological polar surface area (TPSA) is 58.1 Å². The van der Waals surface area contributed by atoms with Crippen LogP contribution in [0, 0.1) is 5.82 Å². The number of carbonyl (C=O) groups excluding carboxylic acids is 1. The summed E-state index contributed by atoms with van der Waals surface area (Å²) in [6.45, 7) is 3.93. The predicted molar refractivity (Wildman–Crippen MR) is 105 cm³/mol. The van der Waals surface area contributed by atoms with E-state index in [-0.39, 0.29) is 23.8 Å². The normalized spacial score (nSPS) is 23.4. The van der Waals surface area contributed by atoms with Crippen LogP contribution in [0.2, 0.25) is 0 Å². The second kappa shape index (κ2) is 5.73. The van der Waals surface area contributed by atoms with E-state index in [0.29, 0.717) is 0 Å². The minimum absolute atomic E-state index is 0.120. The quantitative estimate of drug-likeness (QED) is 0.741. The number of pyridine rings is 1. The van der Waals surface area contributed by atoms with Crippen molar-refractivity contribution in [3.05, 3.63) is 47.9 Å². The molecule has 3 aromatic rings. The highest BCUT2D eigenvalue weighted by Gasteiger charge is 2.50. The zero-order valence-electron chi connectivity index (χ0n) is 15.1. The Balaban J connectivity index is 1.31. The molecule has 0 spiro atoms. The highest BCUT2D eigenvalue weighted by Crippen LogP contribution is 2.44. The molecule has 2 aliphatic rings. The molecule has 1 aliphatic heterocycles. The van der Waals surface area contributed by atoms with Crippen molar-refractivity contribution in [2.75, 3.05) is 10.2 Å². The molecule has 0 atom stereocenters. The zero-order valence-corrected chi connectivity index (χ0v) is 15.9. The van der Waals surface area contributed by atoms with Gasteiger partial charge in [-0.2, -0.15) is 0 Å². The van der Waals surface area contributed by atoms with Crippen LogP contribution in [0.4, 0.5) is 15.3 Å². The van der Waals surface area contributed by atoms with Gasteiger partial charge in [0, 0.05) is 23.8 Å². The van der Waals surface area contributed by atoms with E-state index in [9.17, 15) is 9.18 Å². The van der Waals surface area contributed by atoms with Crippen LogP contribution in [0.3, 0.4) is 0 Å². The van der Waals surface area contributed by atoms with Gasteiger partial charge in [0.25, 0.3) is 0 Å². The number of halogens is 1. The Morgan fingerprint density at radius 1 is 1.30 bits per heavy atom. The van der Waals surface area contributed by atoms with E-state index in [1.165, 1.54) is 23.5 Å². The van der Waals surface area contributed by atoms with E-state index in [0.717, 1.165) is 39.6 Å². The number of rotatable bonds is 3. The number of amides is 1. The summed E-state index contributed by atoms with van der Waals surface area (Å²) in [5, 5.41) is 4.22. The fourth-order valence-corrected chi connectivity index (χ4v) is 4.95. The Bertz CT molecular complexity index is 1060. The van der Waals surface area contributed by atoms with Gasteiger partial charge in [-0.25, -0.2) is 14.4 Å². The van der Waals surface area contributed by atoms with Crippen LogP contribution in [0.15, 0.2) is 36.5 Å². The molecule has 0 bridgehead atoms. The molecule has 1 aromatic carbocycles. The molecule has 3 heterocycles. The van der Waals surface area contributed by atoms with Gasteiger partial charge in [-0.05, 0) is 51.0 Å². The maximum Gasteiger partial charge on any atom is 0.238 e. The van der Waals surface area contributed by atoms with Gasteiger partial charge in [0.1, 0.15) is 11.6 Å². The summed E-state index contributed by atoms with van der Waals surface area (Å²) in [7, 11) is 0. The van der Waals surface area contributed by atoms with E-state index in [1.807, 2.05) is 30.9 Å². The van der Waals surface area contributed by atoms with Gasteiger partial charge < -0.3 is 5.32 Å². The number of anilines is 2. The third kappa shape index (κ3) is 2.52. The van der Waals surface area contributed by atoms with Gasteiger partial charge in [0.05, 0.1) is 15.6 Å². The van der Waals surface area contributed by atoms with E-state index < -0.39 is 5.41 Å². The maximum absolute atomic E-state index is 13.3. The van der Waals surface area contributed by atoms with E-state index >= 15 is 0 Å². The van der Waals surface area contributed by atoms with Gasteiger partial charge in [-0.3, -0.25) is 9.69 Å². The molecule has 1 fully saturated rings. The van der Waals surface area contributed by atoms with E-state index in [4.69, 9.17) is 0 Å². The molecule has 1 N–H and O–H groups in total. The molecule has 5 rings (SSSR count). The van der Waals surface area contributed by atoms with Crippen molar-refractivity contribution in [2.45, 2.75) is 44.2 Å². The van der Waals surface area contributed by atoms with Crippen molar-refractivity contribution in [2.24, 2.45) is 0 Å². The fraction of sp³-hybridized carbons (Fsp3) is 0.350. The first-order valence-corrected chi connectivity index (χ1v) is 9.87. The summed E-state index contributed by atoms with van der Waals surface area (Å²) in [5.74, 6) is 0.671. The largest absolute Gasteiger partial charge is 0.359 e. The smallest absolute Gasteiger partial charge is 0.238 e. The highest BCUT2D eigenvalue weighted by atomic mass is 32.1. The van der Waals surface area contributed by atoms with E-state index in [2.05, 4.69) is 15.3 Å². The molecule has 1 aliphatic carbocycles. The van der Waals surface area contributed by atoms with Crippen molar-refractivity contribution in [3.8, 4) is 0 Å². The number of hydrogen-bond acceptors (Lipinski definition) is 5. The van der Waals surface area contributed by atoms with Crippen LogP contribution in [-0.2, 0) is 10.2 Å². The van der Waals surface area contributed by atoms with Gasteiger partial charge >= 0.3 is 0 Å². The Hall–Kier alpha value is -2.54. The van der Waals surface area contributed by atoms with Crippen LogP contribution in [0.5, 0.6) is 0 Å². The fourth-order valence-electron chi connectivity index (χ4n) is 3.98. The minimum atomic E-state index is -0.529. The number of aromatic nitrogens is 2. The number of fused-ring (bicyclic) bond motifs is 2. The second-order valence-electron chi connectivity index (χ2n) is 7.77. The summed E-state index contributed by atoms with van der Waals surface area (Å²) in [5.41, 5.74) is 1.27. The molecule has 1 amide bonds. The molecule has 7 heteroatoms. The first kappa shape index (κ1) is 16.6. The molecule has 0 saturated heterocycles. The van der Waals surface area contributed by atoms with Crippen LogP contribution in [0.25, 0.3) is 10.2 Å². The van der Waals surface area contributed by atoms with Gasteiger partial charge in [0.15, 0.2) is 5.13 Å². The number of nitrogens with zero attached hydrogens (tertiary/aromatic N) is 3. The van der Waals surface area contributed by atoms with Crippen molar-refractivity contribution in [3.63, 3.8) is 0 Å². The number of thiazole rings is 1. The van der Waals surface area contributed by atoms with E-state index in [1.54, 1.807) is 12.3 Å². The summed E-state index contributed by atoms with van der Waals surface area (Å²) >= 11 is 1.46. The Labute approximate surface area is 160 Å². The summed E-state index contributed by atoms with van der Waals surface area (Å²) < 4.78 is 14.2. The number of nitrogens with one attached hydrogen (secondary N) is 1. The number of benzene rings is 1. The van der Waals surface area contributed by atoms with Crippen LogP contribution >= 0.6 is 11.3 Å². The van der Waals surface area contributed by atoms with Crippen molar-refractivity contribution in [1.82, 2.24) is 9.97 Å². The molecular weight excluding hydrogens is 363 g/mol. The molecular formula is C20H19FN4OS. The molecule has 138 valence electrons. The first-order chi connectivity index (χ1) is 12.9. The monoisotopic (exact) mass is 382 g/mol. The Morgan fingerprint density at radius 2 is 2.11 bits per heavy atom. The van der Waals surface area contributed by atoms with Crippen molar-refractivity contribution < 1.29 is 9.18 Å². The standard InChI is InChI=1S/C20H19FN4OS/c1-20(2)14-4-3-7-22-17(14)25(18(20)26)13-9-12(10-13)23-19-24-15-6-5-11(21)8-16(15)27-19/h3-8,12-13H,9-10H2,1-2H3,(H,23,24). The van der Waals surface area contributed by atoms with Crippen LogP contribution in [0.1, 0.15) is 32.3 Å². The summed E-state index contributed by atoms with van der Waals surface area (Å²) in [6.07, 6.45) is 3.44. The van der Waals surface area contributed by atoms with Crippen molar-refractivity contribution >= 4 is 38.4 Å². The second-order valence-corrected chi connectivity index (χ2v) is 8.80. The lowest BCUT2D eigenvalue weighted by Crippen LogP contribution is -2.53. The van der Waals surface area contributed by atoms with Gasteiger partial charge in [-0.15, -0.1) is 0 Å². The van der Waals surface area contributed by atoms with Crippen LogP contribution < -0.4 is 10.2 Å². The predicted octanol–water partition coefficient (Wildman–Crippen LogP) is 4.10. The highest BCUT2D eigenvalue weighted by molar-refractivity contribution is 7.22. The lowest BCUT2D eigenvalue weighted by Gasteiger charge is -2.41. The van der Waals surface area contributed by atoms with Crippen molar-refractivity contribution in [1.29, 1.82) is 0 Å². The average Bonchev–Trinajstić information content (AvgIpc) is 3.09.